The molecular weight excluding hydrogens is 606 g/mol. The molecule has 248 valence electrons. The molecule has 3 saturated heterocycles. The number of hydrogen-bond donors (Lipinski definition) is 2. The maximum Gasteiger partial charge on any atom is 0.255 e. The fourth-order valence-corrected chi connectivity index (χ4v) is 8.17. The van der Waals surface area contributed by atoms with Gasteiger partial charge in [0.15, 0.2) is 0 Å². The minimum atomic E-state index is -0.597. The number of nitrogens with one attached hydrogen (secondary N) is 2. The summed E-state index contributed by atoms with van der Waals surface area (Å²) in [5.74, 6) is 1.10. The highest BCUT2D eigenvalue weighted by Crippen LogP contribution is 2.40. The van der Waals surface area contributed by atoms with Gasteiger partial charge >= 0.3 is 0 Å². The third-order valence-corrected chi connectivity index (χ3v) is 10.7. The summed E-state index contributed by atoms with van der Waals surface area (Å²) in [6.07, 6.45) is 11.0. The van der Waals surface area contributed by atoms with Crippen molar-refractivity contribution < 1.29 is 14.4 Å². The average molecular weight is 648 g/mol. The standard InChI is InChI=1S/C36H41N9O3/c1-2-43-18-14-25-20-38-36(41-33(25)43)39-31-10-8-23(19-37-31)21-42-16-12-24(13-17-42)28-7-4-15-44(28)29-6-3-5-26-27(29)22-45(35(26)48)30-9-11-32(46)40-34(30)47/h3,5-6,8,10,14,18-20,24,28,30H,2,4,7,9,11-13,15-17,21-22H2,1H3,(H,40,46,47)(H,37,38,39,41). The lowest BCUT2D eigenvalue weighted by atomic mass is 9.87. The predicted molar refractivity (Wildman–Crippen MR) is 182 cm³/mol. The quantitative estimate of drug-likeness (QED) is 0.270. The van der Waals surface area contributed by atoms with Crippen LogP contribution in [0, 0.1) is 5.92 Å². The normalized spacial score (nSPS) is 22.1. The second-order valence-electron chi connectivity index (χ2n) is 13.5. The van der Waals surface area contributed by atoms with Crippen LogP contribution in [0.15, 0.2) is 55.0 Å². The number of fused-ring (bicyclic) bond motifs is 2. The number of amides is 3. The number of hydrogen-bond acceptors (Lipinski definition) is 9. The van der Waals surface area contributed by atoms with E-state index in [4.69, 9.17) is 0 Å². The number of aromatic nitrogens is 4. The zero-order valence-corrected chi connectivity index (χ0v) is 27.3. The number of aryl methyl sites for hydroxylation is 1. The number of pyridine rings is 1. The number of carbonyl (C=O) groups is 3. The summed E-state index contributed by atoms with van der Waals surface area (Å²) < 4.78 is 2.10. The molecule has 0 saturated carbocycles. The van der Waals surface area contributed by atoms with Crippen molar-refractivity contribution in [2.75, 3.05) is 29.9 Å². The van der Waals surface area contributed by atoms with Gasteiger partial charge in [-0.15, -0.1) is 0 Å². The van der Waals surface area contributed by atoms with Gasteiger partial charge in [-0.1, -0.05) is 12.1 Å². The highest BCUT2D eigenvalue weighted by molar-refractivity contribution is 6.06. The van der Waals surface area contributed by atoms with Crippen LogP contribution in [-0.4, -0.2) is 78.8 Å². The van der Waals surface area contributed by atoms with Gasteiger partial charge in [0, 0.05) is 79.4 Å². The van der Waals surface area contributed by atoms with Crippen molar-refractivity contribution >= 4 is 46.2 Å². The topological polar surface area (TPSA) is 129 Å². The van der Waals surface area contributed by atoms with Gasteiger partial charge < -0.3 is 19.7 Å². The fraction of sp³-hybridized carbons (Fsp3) is 0.444. The molecule has 12 nitrogen and oxygen atoms in total. The van der Waals surface area contributed by atoms with E-state index in [9.17, 15) is 14.4 Å². The molecule has 4 aliphatic heterocycles. The average Bonchev–Trinajstić information content (AvgIpc) is 3.83. The van der Waals surface area contributed by atoms with E-state index in [2.05, 4.69) is 59.0 Å². The lowest BCUT2D eigenvalue weighted by molar-refractivity contribution is -0.136. The Balaban J connectivity index is 0.882. The Morgan fingerprint density at radius 1 is 0.938 bits per heavy atom. The second-order valence-corrected chi connectivity index (χ2v) is 13.5. The molecule has 4 aliphatic rings. The number of nitrogens with zero attached hydrogens (tertiary/aromatic N) is 7. The number of rotatable bonds is 8. The molecule has 3 fully saturated rings. The molecule has 7 heterocycles. The minimum Gasteiger partial charge on any atom is -0.368 e. The largest absolute Gasteiger partial charge is 0.368 e. The summed E-state index contributed by atoms with van der Waals surface area (Å²) in [5, 5.41) is 6.68. The Kier molecular flexibility index (Phi) is 8.03. The molecule has 8 rings (SSSR count). The molecule has 2 atom stereocenters. The summed E-state index contributed by atoms with van der Waals surface area (Å²) in [6.45, 7) is 7.28. The summed E-state index contributed by atoms with van der Waals surface area (Å²) in [6, 6.07) is 12.0. The van der Waals surface area contributed by atoms with Gasteiger partial charge in [-0.05, 0) is 87.9 Å². The van der Waals surface area contributed by atoms with Gasteiger partial charge in [-0.25, -0.2) is 9.97 Å². The Labute approximate surface area is 279 Å². The number of imide groups is 1. The van der Waals surface area contributed by atoms with Crippen LogP contribution in [0.25, 0.3) is 11.0 Å². The van der Waals surface area contributed by atoms with Crippen molar-refractivity contribution in [2.24, 2.45) is 5.92 Å². The maximum absolute atomic E-state index is 13.4. The first-order valence-corrected chi connectivity index (χ1v) is 17.2. The number of benzene rings is 1. The van der Waals surface area contributed by atoms with Crippen molar-refractivity contribution in [1.82, 2.24) is 34.6 Å². The van der Waals surface area contributed by atoms with E-state index in [1.807, 2.05) is 42.9 Å². The van der Waals surface area contributed by atoms with Gasteiger partial charge in [0.05, 0.1) is 0 Å². The highest BCUT2D eigenvalue weighted by Gasteiger charge is 2.42. The minimum absolute atomic E-state index is 0.110. The monoisotopic (exact) mass is 647 g/mol. The molecule has 0 bridgehead atoms. The van der Waals surface area contributed by atoms with Crippen LogP contribution < -0.4 is 15.5 Å². The highest BCUT2D eigenvalue weighted by atomic mass is 16.2. The summed E-state index contributed by atoms with van der Waals surface area (Å²) in [7, 11) is 0. The molecule has 12 heteroatoms. The maximum atomic E-state index is 13.4. The Morgan fingerprint density at radius 3 is 2.60 bits per heavy atom. The van der Waals surface area contributed by atoms with Gasteiger partial charge in [-0.2, -0.15) is 4.98 Å². The first-order valence-electron chi connectivity index (χ1n) is 17.2. The van der Waals surface area contributed by atoms with E-state index in [1.165, 1.54) is 5.56 Å². The van der Waals surface area contributed by atoms with Gasteiger partial charge in [0.1, 0.15) is 17.5 Å². The van der Waals surface area contributed by atoms with Crippen molar-refractivity contribution in [3.8, 4) is 0 Å². The Bertz CT molecular complexity index is 1860. The van der Waals surface area contributed by atoms with Crippen LogP contribution in [0.1, 0.15) is 66.9 Å². The van der Waals surface area contributed by atoms with Crippen LogP contribution in [0.2, 0.25) is 0 Å². The van der Waals surface area contributed by atoms with Crippen molar-refractivity contribution in [3.63, 3.8) is 0 Å². The third kappa shape index (κ3) is 5.67. The van der Waals surface area contributed by atoms with Gasteiger partial charge in [0.2, 0.25) is 17.8 Å². The Morgan fingerprint density at radius 2 is 1.81 bits per heavy atom. The van der Waals surface area contributed by atoms with Crippen LogP contribution in [-0.2, 0) is 29.2 Å². The van der Waals surface area contributed by atoms with Crippen molar-refractivity contribution in [3.05, 3.63) is 71.7 Å². The molecular formula is C36H41N9O3. The van der Waals surface area contributed by atoms with E-state index in [0.717, 1.165) is 86.5 Å². The van der Waals surface area contributed by atoms with E-state index in [-0.39, 0.29) is 24.1 Å². The zero-order chi connectivity index (χ0) is 32.8. The Hall–Kier alpha value is -4.84. The molecule has 2 unspecified atom stereocenters. The van der Waals surface area contributed by atoms with E-state index < -0.39 is 6.04 Å². The number of anilines is 3. The SMILES string of the molecule is CCn1ccc2cnc(Nc3ccc(CN4CCC(C5CCCN5c5cccc6c5CN(C5CCC(=O)NC5=O)C6=O)CC4)cn3)nc21. The molecule has 0 radical (unpaired) electrons. The smallest absolute Gasteiger partial charge is 0.255 e. The number of likely N-dealkylation sites (tertiary alicyclic amines) is 1. The van der Waals surface area contributed by atoms with E-state index in [1.54, 1.807) is 4.90 Å². The zero-order valence-electron chi connectivity index (χ0n) is 27.3. The number of piperidine rings is 2. The molecule has 0 aliphatic carbocycles. The molecule has 4 aromatic rings. The number of carbonyl (C=O) groups excluding carboxylic acids is 3. The van der Waals surface area contributed by atoms with Gasteiger partial charge in [0.25, 0.3) is 5.91 Å². The first kappa shape index (κ1) is 30.5. The van der Waals surface area contributed by atoms with Crippen LogP contribution in [0.4, 0.5) is 17.5 Å². The molecule has 48 heavy (non-hydrogen) atoms. The predicted octanol–water partition coefficient (Wildman–Crippen LogP) is 4.23. The van der Waals surface area contributed by atoms with Crippen molar-refractivity contribution in [1.29, 1.82) is 0 Å². The summed E-state index contributed by atoms with van der Waals surface area (Å²) >= 11 is 0. The van der Waals surface area contributed by atoms with E-state index in [0.29, 0.717) is 36.4 Å². The lowest BCUT2D eigenvalue weighted by Crippen LogP contribution is -2.52. The van der Waals surface area contributed by atoms with Gasteiger partial charge in [-0.3, -0.25) is 24.6 Å². The fourth-order valence-electron chi connectivity index (χ4n) is 8.17. The van der Waals surface area contributed by atoms with Crippen LogP contribution in [0.3, 0.4) is 0 Å². The third-order valence-electron chi connectivity index (χ3n) is 10.7. The molecule has 0 spiro atoms. The van der Waals surface area contributed by atoms with Crippen LogP contribution >= 0.6 is 0 Å². The summed E-state index contributed by atoms with van der Waals surface area (Å²) in [5.41, 5.74) is 4.93. The second kappa shape index (κ2) is 12.6. The van der Waals surface area contributed by atoms with E-state index >= 15 is 0 Å². The molecule has 3 amide bonds. The lowest BCUT2D eigenvalue weighted by Gasteiger charge is -2.39. The first-order chi connectivity index (χ1) is 23.4. The molecule has 2 N–H and O–H groups in total. The molecule has 1 aromatic carbocycles. The molecule has 3 aromatic heterocycles. The van der Waals surface area contributed by atoms with Crippen molar-refractivity contribution in [2.45, 2.75) is 77.2 Å². The van der Waals surface area contributed by atoms with Crippen LogP contribution in [0.5, 0.6) is 0 Å². The summed E-state index contributed by atoms with van der Waals surface area (Å²) in [4.78, 5) is 58.3.